The molecule has 0 saturated carbocycles. The van der Waals surface area contributed by atoms with Crippen molar-refractivity contribution in [3.05, 3.63) is 47.8 Å². The lowest BCUT2D eigenvalue weighted by atomic mass is 10.1. The van der Waals surface area contributed by atoms with Crippen LogP contribution in [0.25, 0.3) is 17.1 Å². The quantitative estimate of drug-likeness (QED) is 0.701. The summed E-state index contributed by atoms with van der Waals surface area (Å²) in [4.78, 5) is 0. The number of tetrazole rings is 1. The number of rotatable bonds is 2. The van der Waals surface area contributed by atoms with Gasteiger partial charge in [0.2, 0.25) is 0 Å². The molecule has 0 saturated heterocycles. The molecule has 0 aliphatic carbocycles. The molecule has 0 radical (unpaired) electrons. The van der Waals surface area contributed by atoms with Crippen molar-refractivity contribution in [1.29, 1.82) is 0 Å². The minimum atomic E-state index is -0.320. The lowest BCUT2D eigenvalue weighted by Crippen LogP contribution is -2.05. The first-order valence-corrected chi connectivity index (χ1v) is 6.27. The van der Waals surface area contributed by atoms with E-state index in [0.717, 1.165) is 0 Å². The zero-order chi connectivity index (χ0) is 15.0. The number of nitrogens with zero attached hydrogens (tertiary/aromatic N) is 4. The Hall–Kier alpha value is -2.96. The second kappa shape index (κ2) is 4.86. The van der Waals surface area contributed by atoms with Gasteiger partial charge in [0.05, 0.1) is 5.69 Å². The molecule has 106 valence electrons. The molecule has 1 heterocycles. The minimum absolute atomic E-state index is 0.320. The first-order valence-electron chi connectivity index (χ1n) is 6.27. The van der Waals surface area contributed by atoms with Gasteiger partial charge in [-0.05, 0) is 47.7 Å². The van der Waals surface area contributed by atoms with Crippen LogP contribution in [-0.2, 0) is 0 Å². The zero-order valence-corrected chi connectivity index (χ0v) is 11.3. The molecule has 4 N–H and O–H groups in total. The molecule has 6 nitrogen and oxygen atoms in total. The fourth-order valence-corrected chi connectivity index (χ4v) is 2.13. The van der Waals surface area contributed by atoms with Crippen molar-refractivity contribution in [2.24, 2.45) is 0 Å². The van der Waals surface area contributed by atoms with Gasteiger partial charge in [0, 0.05) is 22.5 Å². The van der Waals surface area contributed by atoms with E-state index < -0.39 is 0 Å². The SMILES string of the molecule is Cc1c(F)cccc1-n1nnnc1-c1ccc(N)cc1N. The van der Waals surface area contributed by atoms with Crippen LogP contribution in [0.4, 0.5) is 15.8 Å². The Morgan fingerprint density at radius 2 is 1.95 bits per heavy atom. The maximum atomic E-state index is 13.7. The maximum absolute atomic E-state index is 13.7. The average Bonchev–Trinajstić information content (AvgIpc) is 2.91. The van der Waals surface area contributed by atoms with Gasteiger partial charge in [-0.2, -0.15) is 4.68 Å². The van der Waals surface area contributed by atoms with Gasteiger partial charge in [-0.25, -0.2) is 4.39 Å². The van der Waals surface area contributed by atoms with E-state index in [1.165, 1.54) is 10.7 Å². The fraction of sp³-hybridized carbons (Fsp3) is 0.0714. The first kappa shape index (κ1) is 13.0. The van der Waals surface area contributed by atoms with Crippen LogP contribution in [0.5, 0.6) is 0 Å². The summed E-state index contributed by atoms with van der Waals surface area (Å²) in [7, 11) is 0. The highest BCUT2D eigenvalue weighted by Gasteiger charge is 2.16. The van der Waals surface area contributed by atoms with Crippen molar-refractivity contribution in [2.75, 3.05) is 11.5 Å². The van der Waals surface area contributed by atoms with E-state index in [2.05, 4.69) is 15.5 Å². The van der Waals surface area contributed by atoms with Gasteiger partial charge in [-0.15, -0.1) is 5.10 Å². The van der Waals surface area contributed by atoms with Crippen molar-refractivity contribution in [3.63, 3.8) is 0 Å². The molecule has 0 bridgehead atoms. The molecule has 0 unspecified atom stereocenters. The minimum Gasteiger partial charge on any atom is -0.399 e. The molecule has 2 aromatic carbocycles. The molecule has 1 aromatic heterocycles. The van der Waals surface area contributed by atoms with Crippen LogP contribution in [0.1, 0.15) is 5.56 Å². The van der Waals surface area contributed by atoms with Gasteiger partial charge in [0.1, 0.15) is 5.82 Å². The Kier molecular flexibility index (Phi) is 3.02. The second-order valence-corrected chi connectivity index (χ2v) is 4.64. The van der Waals surface area contributed by atoms with Gasteiger partial charge >= 0.3 is 0 Å². The van der Waals surface area contributed by atoms with Crippen molar-refractivity contribution in [1.82, 2.24) is 20.2 Å². The van der Waals surface area contributed by atoms with Crippen LogP contribution in [0.2, 0.25) is 0 Å². The Balaban J connectivity index is 2.20. The number of hydrogen-bond donors (Lipinski definition) is 2. The topological polar surface area (TPSA) is 95.6 Å². The van der Waals surface area contributed by atoms with Crippen molar-refractivity contribution in [3.8, 4) is 17.1 Å². The molecule has 7 heteroatoms. The normalized spacial score (nSPS) is 10.8. The van der Waals surface area contributed by atoms with E-state index in [1.807, 2.05) is 0 Å². The van der Waals surface area contributed by atoms with Crippen LogP contribution in [0.3, 0.4) is 0 Å². The van der Waals surface area contributed by atoms with E-state index >= 15 is 0 Å². The fourth-order valence-electron chi connectivity index (χ4n) is 2.13. The Morgan fingerprint density at radius 1 is 1.14 bits per heavy atom. The monoisotopic (exact) mass is 284 g/mol. The first-order chi connectivity index (χ1) is 10.1. The molecule has 0 amide bonds. The molecular weight excluding hydrogens is 271 g/mol. The lowest BCUT2D eigenvalue weighted by molar-refractivity contribution is 0.614. The summed E-state index contributed by atoms with van der Waals surface area (Å²) in [6.45, 7) is 1.67. The predicted molar refractivity (Wildman–Crippen MR) is 78.1 cm³/mol. The third kappa shape index (κ3) is 2.18. The number of benzene rings is 2. The molecule has 0 atom stereocenters. The van der Waals surface area contributed by atoms with E-state index in [9.17, 15) is 4.39 Å². The van der Waals surface area contributed by atoms with E-state index in [0.29, 0.717) is 34.0 Å². The summed E-state index contributed by atoms with van der Waals surface area (Å²) >= 11 is 0. The van der Waals surface area contributed by atoms with Crippen molar-refractivity contribution < 1.29 is 4.39 Å². The summed E-state index contributed by atoms with van der Waals surface area (Å²) in [5.41, 5.74) is 14.3. The van der Waals surface area contributed by atoms with E-state index in [1.54, 1.807) is 37.3 Å². The molecule has 0 spiro atoms. The number of hydrogen-bond acceptors (Lipinski definition) is 5. The molecule has 0 fully saturated rings. The predicted octanol–water partition coefficient (Wildman–Crippen LogP) is 1.94. The van der Waals surface area contributed by atoms with E-state index in [4.69, 9.17) is 11.5 Å². The Bertz CT molecular complexity index is 811. The molecule has 3 aromatic rings. The number of halogens is 1. The second-order valence-electron chi connectivity index (χ2n) is 4.64. The molecule has 0 aliphatic heterocycles. The van der Waals surface area contributed by atoms with Crippen LogP contribution in [-0.4, -0.2) is 20.2 Å². The molecule has 0 aliphatic rings. The third-order valence-corrected chi connectivity index (χ3v) is 3.25. The Labute approximate surface area is 120 Å². The molecule has 3 rings (SSSR count). The zero-order valence-electron chi connectivity index (χ0n) is 11.3. The van der Waals surface area contributed by atoms with Gasteiger partial charge in [0.25, 0.3) is 0 Å². The van der Waals surface area contributed by atoms with Crippen molar-refractivity contribution >= 4 is 11.4 Å². The van der Waals surface area contributed by atoms with Crippen molar-refractivity contribution in [2.45, 2.75) is 6.92 Å². The molecular formula is C14H13FN6. The highest BCUT2D eigenvalue weighted by molar-refractivity contribution is 5.75. The van der Waals surface area contributed by atoms with Crippen LogP contribution in [0, 0.1) is 12.7 Å². The Morgan fingerprint density at radius 3 is 2.71 bits per heavy atom. The van der Waals surface area contributed by atoms with Crippen LogP contribution >= 0.6 is 0 Å². The summed E-state index contributed by atoms with van der Waals surface area (Å²) in [5, 5.41) is 11.6. The van der Waals surface area contributed by atoms with Crippen LogP contribution < -0.4 is 11.5 Å². The van der Waals surface area contributed by atoms with Crippen LogP contribution in [0.15, 0.2) is 36.4 Å². The average molecular weight is 284 g/mol. The number of nitrogen functional groups attached to an aromatic ring is 2. The van der Waals surface area contributed by atoms with Gasteiger partial charge < -0.3 is 11.5 Å². The van der Waals surface area contributed by atoms with E-state index in [-0.39, 0.29) is 5.82 Å². The number of aromatic nitrogens is 4. The number of nitrogens with two attached hydrogens (primary N) is 2. The lowest BCUT2D eigenvalue weighted by Gasteiger charge is -2.10. The third-order valence-electron chi connectivity index (χ3n) is 3.25. The standard InChI is InChI=1S/C14H13FN6/c1-8-11(15)3-2-4-13(8)21-14(18-19-20-21)10-6-5-9(16)7-12(10)17/h2-7H,16-17H2,1H3. The van der Waals surface area contributed by atoms with Gasteiger partial charge in [-0.3, -0.25) is 0 Å². The number of anilines is 2. The maximum Gasteiger partial charge on any atom is 0.189 e. The summed E-state index contributed by atoms with van der Waals surface area (Å²) < 4.78 is 15.2. The summed E-state index contributed by atoms with van der Waals surface area (Å²) in [5.74, 6) is 0.112. The highest BCUT2D eigenvalue weighted by Crippen LogP contribution is 2.28. The van der Waals surface area contributed by atoms with Gasteiger partial charge in [0.15, 0.2) is 5.82 Å². The summed E-state index contributed by atoms with van der Waals surface area (Å²) in [6, 6.07) is 9.82. The smallest absolute Gasteiger partial charge is 0.189 e. The highest BCUT2D eigenvalue weighted by atomic mass is 19.1. The summed E-state index contributed by atoms with van der Waals surface area (Å²) in [6.07, 6.45) is 0. The largest absolute Gasteiger partial charge is 0.399 e. The molecule has 21 heavy (non-hydrogen) atoms. The van der Waals surface area contributed by atoms with Gasteiger partial charge in [-0.1, -0.05) is 6.07 Å².